The molecule has 0 spiro atoms. The Morgan fingerprint density at radius 2 is 2.11 bits per heavy atom. The summed E-state index contributed by atoms with van der Waals surface area (Å²) >= 11 is 11.3. The smallest absolute Gasteiger partial charge is 0.0520 e. The summed E-state index contributed by atoms with van der Waals surface area (Å²) in [5.41, 5.74) is 3.65. The Kier molecular flexibility index (Phi) is 4.71. The molecule has 96 valence electrons. The lowest BCUT2D eigenvalue weighted by molar-refractivity contribution is 0.931. The lowest BCUT2D eigenvalue weighted by Gasteiger charge is -2.21. The number of benzene rings is 1. The van der Waals surface area contributed by atoms with E-state index in [4.69, 9.17) is 11.6 Å². The van der Waals surface area contributed by atoms with Gasteiger partial charge in [-0.2, -0.15) is 0 Å². The minimum atomic E-state index is 0.551. The van der Waals surface area contributed by atoms with Crippen LogP contribution >= 0.6 is 38.9 Å². The van der Waals surface area contributed by atoms with Crippen LogP contribution in [0, 0.1) is 6.92 Å². The van der Waals surface area contributed by atoms with Gasteiger partial charge in [-0.15, -0.1) is 22.9 Å². The Balaban J connectivity index is 2.20. The average Bonchev–Trinajstić information content (AvgIpc) is 2.74. The van der Waals surface area contributed by atoms with E-state index in [2.05, 4.69) is 64.4 Å². The van der Waals surface area contributed by atoms with Crippen molar-refractivity contribution in [3.05, 3.63) is 50.1 Å². The van der Waals surface area contributed by atoms with Gasteiger partial charge in [0.1, 0.15) is 0 Å². The first-order chi connectivity index (χ1) is 8.60. The van der Waals surface area contributed by atoms with E-state index >= 15 is 0 Å². The molecule has 0 amide bonds. The van der Waals surface area contributed by atoms with Crippen molar-refractivity contribution in [3.63, 3.8) is 0 Å². The normalized spacial score (nSPS) is 10.7. The van der Waals surface area contributed by atoms with Gasteiger partial charge in [0.05, 0.1) is 6.54 Å². The van der Waals surface area contributed by atoms with Gasteiger partial charge in [-0.1, -0.05) is 17.7 Å². The molecule has 0 bridgehead atoms. The summed E-state index contributed by atoms with van der Waals surface area (Å²) in [6.07, 6.45) is 0. The van der Waals surface area contributed by atoms with Crippen LogP contribution < -0.4 is 4.90 Å². The second-order valence-electron chi connectivity index (χ2n) is 4.35. The predicted molar refractivity (Wildman–Crippen MR) is 84.9 cm³/mol. The van der Waals surface area contributed by atoms with Crippen LogP contribution in [-0.4, -0.2) is 7.05 Å². The first-order valence-corrected chi connectivity index (χ1v) is 7.90. The summed E-state index contributed by atoms with van der Waals surface area (Å²) in [6, 6.07) is 8.60. The lowest BCUT2D eigenvalue weighted by Crippen LogP contribution is -2.17. The number of hydrogen-bond donors (Lipinski definition) is 0. The highest BCUT2D eigenvalue weighted by Gasteiger charge is 2.08. The largest absolute Gasteiger partial charge is 0.369 e. The molecule has 1 nitrogen and oxygen atoms in total. The lowest BCUT2D eigenvalue weighted by atomic mass is 10.1. The highest BCUT2D eigenvalue weighted by Crippen LogP contribution is 2.26. The van der Waals surface area contributed by atoms with Crippen molar-refractivity contribution >= 4 is 44.6 Å². The van der Waals surface area contributed by atoms with Gasteiger partial charge in [0, 0.05) is 33.3 Å². The van der Waals surface area contributed by atoms with Gasteiger partial charge in [0.15, 0.2) is 0 Å². The van der Waals surface area contributed by atoms with E-state index in [0.717, 1.165) is 11.0 Å². The Morgan fingerprint density at radius 3 is 2.72 bits per heavy atom. The van der Waals surface area contributed by atoms with E-state index in [1.54, 1.807) is 11.3 Å². The van der Waals surface area contributed by atoms with Crippen LogP contribution in [0.3, 0.4) is 0 Å². The highest BCUT2D eigenvalue weighted by molar-refractivity contribution is 9.10. The third kappa shape index (κ3) is 3.28. The fourth-order valence-corrected chi connectivity index (χ4v) is 3.67. The van der Waals surface area contributed by atoms with Crippen LogP contribution in [0.15, 0.2) is 34.1 Å². The number of halogens is 2. The molecule has 0 aliphatic rings. The van der Waals surface area contributed by atoms with Gasteiger partial charge in [-0.3, -0.25) is 0 Å². The second kappa shape index (κ2) is 6.09. The maximum absolute atomic E-state index is 6.02. The molecule has 0 unspecified atom stereocenters. The number of anilines is 1. The third-order valence-electron chi connectivity index (χ3n) is 2.80. The zero-order chi connectivity index (χ0) is 13.1. The number of nitrogens with zero attached hydrogens (tertiary/aromatic N) is 1. The van der Waals surface area contributed by atoms with Crippen molar-refractivity contribution < 1.29 is 0 Å². The Labute approximate surface area is 126 Å². The Hall–Kier alpha value is -0.510. The Morgan fingerprint density at radius 1 is 1.33 bits per heavy atom. The standard InChI is InChI=1S/C14H15BrClNS/c1-10-3-4-14(11(5-10)7-16)17(2)8-13-6-12(15)9-18-13/h3-6,9H,7-8H2,1-2H3. The van der Waals surface area contributed by atoms with Gasteiger partial charge in [0.2, 0.25) is 0 Å². The first-order valence-electron chi connectivity index (χ1n) is 5.69. The number of thiophene rings is 1. The van der Waals surface area contributed by atoms with Gasteiger partial charge in [-0.05, 0) is 40.5 Å². The maximum Gasteiger partial charge on any atom is 0.0520 e. The summed E-state index contributed by atoms with van der Waals surface area (Å²) in [5.74, 6) is 0.551. The second-order valence-corrected chi connectivity index (χ2v) is 6.53. The predicted octanol–water partition coefficient (Wildman–Crippen LogP) is 5.19. The number of aryl methyl sites for hydroxylation is 1. The van der Waals surface area contributed by atoms with Gasteiger partial charge in [0.25, 0.3) is 0 Å². The average molecular weight is 345 g/mol. The molecule has 1 aromatic carbocycles. The van der Waals surface area contributed by atoms with Crippen LogP contribution in [-0.2, 0) is 12.4 Å². The molecule has 1 aromatic heterocycles. The highest BCUT2D eigenvalue weighted by atomic mass is 79.9. The van der Waals surface area contributed by atoms with E-state index in [9.17, 15) is 0 Å². The summed E-state index contributed by atoms with van der Waals surface area (Å²) in [6.45, 7) is 3.00. The van der Waals surface area contributed by atoms with E-state index in [1.807, 2.05) is 0 Å². The van der Waals surface area contributed by atoms with Crippen molar-refractivity contribution in [1.29, 1.82) is 0 Å². The molecule has 1 heterocycles. The first kappa shape index (κ1) is 13.9. The van der Waals surface area contributed by atoms with Gasteiger partial charge in [-0.25, -0.2) is 0 Å². The zero-order valence-corrected chi connectivity index (χ0v) is 13.6. The molecule has 4 heteroatoms. The number of alkyl halides is 1. The molecule has 0 N–H and O–H groups in total. The molecule has 0 radical (unpaired) electrons. The van der Waals surface area contributed by atoms with E-state index in [1.165, 1.54) is 21.7 Å². The van der Waals surface area contributed by atoms with Crippen LogP contribution in [0.25, 0.3) is 0 Å². The summed E-state index contributed by atoms with van der Waals surface area (Å²) in [5, 5.41) is 2.11. The molecule has 0 atom stereocenters. The topological polar surface area (TPSA) is 3.24 Å². The minimum absolute atomic E-state index is 0.551. The SMILES string of the molecule is Cc1ccc(N(C)Cc2cc(Br)cs2)c(CCl)c1. The molecule has 0 aliphatic heterocycles. The van der Waals surface area contributed by atoms with E-state index in [0.29, 0.717) is 5.88 Å². The quantitative estimate of drug-likeness (QED) is 0.690. The fourth-order valence-electron chi connectivity index (χ4n) is 1.95. The molecular weight excluding hydrogens is 330 g/mol. The molecule has 0 saturated carbocycles. The van der Waals surface area contributed by atoms with Crippen molar-refractivity contribution in [3.8, 4) is 0 Å². The molecule has 2 rings (SSSR count). The van der Waals surface area contributed by atoms with Crippen LogP contribution in [0.5, 0.6) is 0 Å². The third-order valence-corrected chi connectivity index (χ3v) is 4.78. The molecule has 0 fully saturated rings. The van der Waals surface area contributed by atoms with Crippen molar-refractivity contribution in [2.75, 3.05) is 11.9 Å². The van der Waals surface area contributed by atoms with Crippen molar-refractivity contribution in [1.82, 2.24) is 0 Å². The number of rotatable bonds is 4. The zero-order valence-electron chi connectivity index (χ0n) is 10.4. The number of hydrogen-bond acceptors (Lipinski definition) is 2. The van der Waals surface area contributed by atoms with Gasteiger partial charge < -0.3 is 4.90 Å². The van der Waals surface area contributed by atoms with E-state index < -0.39 is 0 Å². The summed E-state index contributed by atoms with van der Waals surface area (Å²) in [7, 11) is 2.11. The Bertz CT molecular complexity index is 538. The fraction of sp³-hybridized carbons (Fsp3) is 0.286. The van der Waals surface area contributed by atoms with Crippen molar-refractivity contribution in [2.45, 2.75) is 19.3 Å². The van der Waals surface area contributed by atoms with Crippen LogP contribution in [0.2, 0.25) is 0 Å². The maximum atomic E-state index is 6.02. The summed E-state index contributed by atoms with van der Waals surface area (Å²) in [4.78, 5) is 3.58. The summed E-state index contributed by atoms with van der Waals surface area (Å²) < 4.78 is 1.15. The van der Waals surface area contributed by atoms with E-state index in [-0.39, 0.29) is 0 Å². The molecule has 2 aromatic rings. The molecular formula is C14H15BrClNS. The monoisotopic (exact) mass is 343 g/mol. The van der Waals surface area contributed by atoms with Crippen molar-refractivity contribution in [2.24, 2.45) is 0 Å². The molecule has 0 saturated heterocycles. The van der Waals surface area contributed by atoms with Crippen LogP contribution in [0.4, 0.5) is 5.69 Å². The van der Waals surface area contributed by atoms with Gasteiger partial charge >= 0.3 is 0 Å². The minimum Gasteiger partial charge on any atom is -0.369 e. The molecule has 0 aliphatic carbocycles. The molecule has 18 heavy (non-hydrogen) atoms. The van der Waals surface area contributed by atoms with Crippen LogP contribution in [0.1, 0.15) is 16.0 Å².